The highest BCUT2D eigenvalue weighted by Gasteiger charge is 2.17. The van der Waals surface area contributed by atoms with Crippen LogP contribution in [0.1, 0.15) is 15.9 Å². The van der Waals surface area contributed by atoms with Crippen LogP contribution in [-0.2, 0) is 9.53 Å². The molecule has 1 aliphatic heterocycles. The molecule has 27 heavy (non-hydrogen) atoms. The third-order valence-electron chi connectivity index (χ3n) is 4.16. The number of carbonyl (C=O) groups is 2. The second kappa shape index (κ2) is 9.09. The summed E-state index contributed by atoms with van der Waals surface area (Å²) in [6.07, 6.45) is 3.07. The van der Waals surface area contributed by atoms with Gasteiger partial charge in [0.05, 0.1) is 13.2 Å². The van der Waals surface area contributed by atoms with Gasteiger partial charge in [-0.1, -0.05) is 18.2 Å². The molecular formula is C21H20FNO4. The van der Waals surface area contributed by atoms with Gasteiger partial charge in [-0.25, -0.2) is 4.39 Å². The SMILES string of the molecule is O=C(/C=C/c1ccc(F)cc1)c1ccc(OCC(=O)N2CCOCC2)cc1. The molecule has 0 aliphatic carbocycles. The molecule has 0 unspecified atom stereocenters. The summed E-state index contributed by atoms with van der Waals surface area (Å²) < 4.78 is 23.6. The Morgan fingerprint density at radius 1 is 1.04 bits per heavy atom. The maximum absolute atomic E-state index is 12.9. The highest BCUT2D eigenvalue weighted by atomic mass is 19.1. The van der Waals surface area contributed by atoms with Gasteiger partial charge < -0.3 is 14.4 Å². The molecule has 140 valence electrons. The van der Waals surface area contributed by atoms with E-state index in [1.54, 1.807) is 47.4 Å². The topological polar surface area (TPSA) is 55.8 Å². The lowest BCUT2D eigenvalue weighted by molar-refractivity contribution is -0.137. The fourth-order valence-electron chi connectivity index (χ4n) is 2.61. The van der Waals surface area contributed by atoms with Crippen molar-refractivity contribution in [1.29, 1.82) is 0 Å². The van der Waals surface area contributed by atoms with Crippen LogP contribution >= 0.6 is 0 Å². The van der Waals surface area contributed by atoms with Crippen molar-refractivity contribution in [3.05, 3.63) is 71.6 Å². The average molecular weight is 369 g/mol. The summed E-state index contributed by atoms with van der Waals surface area (Å²) >= 11 is 0. The number of ketones is 1. The monoisotopic (exact) mass is 369 g/mol. The summed E-state index contributed by atoms with van der Waals surface area (Å²) in [5, 5.41) is 0. The molecule has 3 rings (SSSR count). The molecule has 0 radical (unpaired) electrons. The van der Waals surface area contributed by atoms with Gasteiger partial charge >= 0.3 is 0 Å². The molecule has 1 heterocycles. The van der Waals surface area contributed by atoms with Crippen molar-refractivity contribution in [3.63, 3.8) is 0 Å². The molecule has 1 aliphatic rings. The van der Waals surface area contributed by atoms with Crippen LogP contribution in [-0.4, -0.2) is 49.5 Å². The van der Waals surface area contributed by atoms with Crippen molar-refractivity contribution in [2.45, 2.75) is 0 Å². The van der Waals surface area contributed by atoms with Crippen molar-refractivity contribution in [3.8, 4) is 5.75 Å². The van der Waals surface area contributed by atoms with E-state index in [2.05, 4.69) is 0 Å². The van der Waals surface area contributed by atoms with Crippen LogP contribution in [0, 0.1) is 5.82 Å². The Labute approximate surface area is 157 Å². The molecular weight excluding hydrogens is 349 g/mol. The van der Waals surface area contributed by atoms with Crippen LogP contribution < -0.4 is 4.74 Å². The summed E-state index contributed by atoms with van der Waals surface area (Å²) in [4.78, 5) is 26.0. The zero-order valence-corrected chi connectivity index (χ0v) is 14.8. The fourth-order valence-corrected chi connectivity index (χ4v) is 2.61. The van der Waals surface area contributed by atoms with Gasteiger partial charge in [0.15, 0.2) is 12.4 Å². The Kier molecular flexibility index (Phi) is 6.33. The van der Waals surface area contributed by atoms with Crippen LogP contribution in [0.2, 0.25) is 0 Å². The van der Waals surface area contributed by atoms with E-state index in [-0.39, 0.29) is 24.1 Å². The van der Waals surface area contributed by atoms with Gasteiger partial charge in [-0.2, -0.15) is 0 Å². The van der Waals surface area contributed by atoms with E-state index >= 15 is 0 Å². The van der Waals surface area contributed by atoms with Gasteiger partial charge in [-0.05, 0) is 48.0 Å². The maximum atomic E-state index is 12.9. The number of benzene rings is 2. The first-order valence-corrected chi connectivity index (χ1v) is 8.68. The van der Waals surface area contributed by atoms with E-state index in [4.69, 9.17) is 9.47 Å². The van der Waals surface area contributed by atoms with Gasteiger partial charge in [0.25, 0.3) is 5.91 Å². The number of amides is 1. The molecule has 2 aromatic rings. The normalized spacial score (nSPS) is 14.3. The lowest BCUT2D eigenvalue weighted by Crippen LogP contribution is -2.42. The zero-order chi connectivity index (χ0) is 19.1. The van der Waals surface area contributed by atoms with Crippen LogP contribution in [0.15, 0.2) is 54.6 Å². The summed E-state index contributed by atoms with van der Waals surface area (Å²) in [6.45, 7) is 2.21. The van der Waals surface area contributed by atoms with Crippen molar-refractivity contribution < 1.29 is 23.5 Å². The first kappa shape index (κ1) is 18.8. The van der Waals surface area contributed by atoms with E-state index < -0.39 is 0 Å². The number of ether oxygens (including phenoxy) is 2. The highest BCUT2D eigenvalue weighted by molar-refractivity contribution is 6.06. The zero-order valence-electron chi connectivity index (χ0n) is 14.8. The molecule has 2 aromatic carbocycles. The molecule has 0 aromatic heterocycles. The molecule has 1 amide bonds. The molecule has 1 fully saturated rings. The standard InChI is InChI=1S/C21H20FNO4/c22-18-6-1-16(2-7-18)3-10-20(24)17-4-8-19(9-5-17)27-15-21(25)23-11-13-26-14-12-23/h1-10H,11-15H2/b10-3+. The molecule has 0 bridgehead atoms. The minimum absolute atomic E-state index is 0.0439. The minimum atomic E-state index is -0.318. The van der Waals surface area contributed by atoms with Crippen LogP contribution in [0.3, 0.4) is 0 Å². The molecule has 0 atom stereocenters. The van der Waals surface area contributed by atoms with Crippen molar-refractivity contribution in [2.75, 3.05) is 32.9 Å². The number of rotatable bonds is 6. The van der Waals surface area contributed by atoms with Gasteiger partial charge in [0, 0.05) is 18.7 Å². The fraction of sp³-hybridized carbons (Fsp3) is 0.238. The number of halogens is 1. The molecule has 5 nitrogen and oxygen atoms in total. The van der Waals surface area contributed by atoms with Gasteiger partial charge in [-0.15, -0.1) is 0 Å². The van der Waals surface area contributed by atoms with Crippen molar-refractivity contribution in [1.82, 2.24) is 4.90 Å². The highest BCUT2D eigenvalue weighted by Crippen LogP contribution is 2.14. The molecule has 0 saturated carbocycles. The Bertz CT molecular complexity index is 809. The largest absolute Gasteiger partial charge is 0.484 e. The number of hydrogen-bond acceptors (Lipinski definition) is 4. The maximum Gasteiger partial charge on any atom is 0.260 e. The summed E-state index contributed by atoms with van der Waals surface area (Å²) in [5.74, 6) is -0.0483. The lowest BCUT2D eigenvalue weighted by atomic mass is 10.1. The first-order valence-electron chi connectivity index (χ1n) is 8.68. The lowest BCUT2D eigenvalue weighted by Gasteiger charge is -2.26. The Balaban J connectivity index is 1.52. The number of carbonyl (C=O) groups excluding carboxylic acids is 2. The van der Waals surface area contributed by atoms with E-state index in [1.165, 1.54) is 18.2 Å². The Morgan fingerprint density at radius 2 is 1.70 bits per heavy atom. The van der Waals surface area contributed by atoms with E-state index in [1.807, 2.05) is 0 Å². The predicted octanol–water partition coefficient (Wildman–Crippen LogP) is 2.96. The van der Waals surface area contributed by atoms with Gasteiger partial charge in [0.1, 0.15) is 11.6 Å². The molecule has 1 saturated heterocycles. The Hall–Kier alpha value is -2.99. The van der Waals surface area contributed by atoms with Crippen molar-refractivity contribution in [2.24, 2.45) is 0 Å². The van der Waals surface area contributed by atoms with Crippen LogP contribution in [0.25, 0.3) is 6.08 Å². The van der Waals surface area contributed by atoms with Gasteiger partial charge in [-0.3, -0.25) is 9.59 Å². The second-order valence-corrected chi connectivity index (χ2v) is 6.06. The number of hydrogen-bond donors (Lipinski definition) is 0. The average Bonchev–Trinajstić information content (AvgIpc) is 2.72. The van der Waals surface area contributed by atoms with Crippen LogP contribution in [0.4, 0.5) is 4.39 Å². The smallest absolute Gasteiger partial charge is 0.260 e. The summed E-state index contributed by atoms with van der Waals surface area (Å²) in [6, 6.07) is 12.5. The number of morpholine rings is 1. The predicted molar refractivity (Wildman–Crippen MR) is 99.1 cm³/mol. The van der Waals surface area contributed by atoms with Crippen molar-refractivity contribution >= 4 is 17.8 Å². The molecule has 6 heteroatoms. The van der Waals surface area contributed by atoms with Crippen LogP contribution in [0.5, 0.6) is 5.75 Å². The van der Waals surface area contributed by atoms with E-state index in [0.717, 1.165) is 5.56 Å². The number of nitrogens with zero attached hydrogens (tertiary/aromatic N) is 1. The summed E-state index contributed by atoms with van der Waals surface area (Å²) in [7, 11) is 0. The Morgan fingerprint density at radius 3 is 2.37 bits per heavy atom. The minimum Gasteiger partial charge on any atom is -0.484 e. The third kappa shape index (κ3) is 5.49. The van der Waals surface area contributed by atoms with Gasteiger partial charge in [0.2, 0.25) is 0 Å². The molecule has 0 N–H and O–H groups in total. The quantitative estimate of drug-likeness (QED) is 0.580. The number of allylic oxidation sites excluding steroid dienone is 1. The van der Waals surface area contributed by atoms with E-state index in [0.29, 0.717) is 37.6 Å². The summed E-state index contributed by atoms with van der Waals surface area (Å²) in [5.41, 5.74) is 1.24. The second-order valence-electron chi connectivity index (χ2n) is 6.06. The third-order valence-corrected chi connectivity index (χ3v) is 4.16. The van der Waals surface area contributed by atoms with E-state index in [9.17, 15) is 14.0 Å². The first-order chi connectivity index (χ1) is 13.1. The molecule has 0 spiro atoms.